The third-order valence-electron chi connectivity index (χ3n) is 3.21. The molecule has 2 N–H and O–H groups in total. The second-order valence-electron chi connectivity index (χ2n) is 5.00. The fourth-order valence-corrected chi connectivity index (χ4v) is 2.08. The van der Waals surface area contributed by atoms with Gasteiger partial charge in [0.05, 0.1) is 12.2 Å². The third-order valence-corrected chi connectivity index (χ3v) is 3.21. The molecule has 0 bridgehead atoms. The second kappa shape index (κ2) is 5.89. The number of anilines is 1. The van der Waals surface area contributed by atoms with E-state index in [0.29, 0.717) is 0 Å². The predicted octanol–water partition coefficient (Wildman–Crippen LogP) is 2.41. The van der Waals surface area contributed by atoms with E-state index < -0.39 is 0 Å². The topological polar surface area (TPSA) is 47.1 Å². The molecule has 1 heterocycles. The highest BCUT2D eigenvalue weighted by atomic mass is 15.3. The molecule has 2 rings (SSSR count). The highest BCUT2D eigenvalue weighted by Gasteiger charge is 2.12. The molecule has 2 aromatic rings. The van der Waals surface area contributed by atoms with Gasteiger partial charge >= 0.3 is 0 Å². The van der Waals surface area contributed by atoms with Crippen LogP contribution in [-0.4, -0.2) is 23.9 Å². The van der Waals surface area contributed by atoms with E-state index in [1.165, 1.54) is 0 Å². The van der Waals surface area contributed by atoms with Crippen molar-refractivity contribution in [3.05, 3.63) is 47.8 Å². The van der Waals surface area contributed by atoms with Gasteiger partial charge in [0.2, 0.25) is 0 Å². The van der Waals surface area contributed by atoms with E-state index in [-0.39, 0.29) is 6.04 Å². The summed E-state index contributed by atoms with van der Waals surface area (Å²) in [5.74, 6) is 0. The molecule has 1 aromatic heterocycles. The summed E-state index contributed by atoms with van der Waals surface area (Å²) in [5.41, 5.74) is 9.66. The van der Waals surface area contributed by atoms with E-state index in [1.54, 1.807) is 0 Å². The van der Waals surface area contributed by atoms with E-state index in [1.807, 2.05) is 37.2 Å². The average molecular weight is 258 g/mol. The van der Waals surface area contributed by atoms with Gasteiger partial charge in [0, 0.05) is 38.1 Å². The van der Waals surface area contributed by atoms with Crippen LogP contribution in [0.3, 0.4) is 0 Å². The van der Waals surface area contributed by atoms with Gasteiger partial charge in [0.1, 0.15) is 0 Å². The Hall–Kier alpha value is -1.81. The largest absolute Gasteiger partial charge is 0.378 e. The van der Waals surface area contributed by atoms with Crippen LogP contribution in [0.1, 0.15) is 30.5 Å². The summed E-state index contributed by atoms with van der Waals surface area (Å²) in [7, 11) is 4.06. The zero-order chi connectivity index (χ0) is 13.8. The normalized spacial score (nSPS) is 12.4. The van der Waals surface area contributed by atoms with Crippen molar-refractivity contribution in [2.24, 2.45) is 5.73 Å². The summed E-state index contributed by atoms with van der Waals surface area (Å²) in [6, 6.07) is 8.19. The van der Waals surface area contributed by atoms with Crippen LogP contribution in [0.2, 0.25) is 0 Å². The lowest BCUT2D eigenvalue weighted by atomic mass is 10.0. The van der Waals surface area contributed by atoms with Crippen LogP contribution in [0, 0.1) is 0 Å². The Balaban J connectivity index is 2.22. The highest BCUT2D eigenvalue weighted by molar-refractivity contribution is 5.49. The number of aromatic nitrogens is 2. The van der Waals surface area contributed by atoms with Gasteiger partial charge in [-0.25, -0.2) is 0 Å². The molecule has 1 aromatic carbocycles. The molecule has 1 unspecified atom stereocenters. The molecule has 0 saturated carbocycles. The Morgan fingerprint density at radius 3 is 2.79 bits per heavy atom. The molecule has 0 radical (unpaired) electrons. The Kier molecular flexibility index (Phi) is 4.22. The number of nitrogens with zero attached hydrogens (tertiary/aromatic N) is 3. The zero-order valence-corrected chi connectivity index (χ0v) is 11.9. The van der Waals surface area contributed by atoms with Gasteiger partial charge in [-0.2, -0.15) is 5.10 Å². The standard InChI is InChI=1S/C15H22N4/c1-4-8-19-11-13(10-17-19)15(16)12-6-5-7-14(9-12)18(2)3/h5-7,9-11,15H,4,8,16H2,1-3H3. The van der Waals surface area contributed by atoms with Gasteiger partial charge in [-0.3, -0.25) is 4.68 Å². The maximum Gasteiger partial charge on any atom is 0.0583 e. The second-order valence-corrected chi connectivity index (χ2v) is 5.00. The average Bonchev–Trinajstić information content (AvgIpc) is 2.87. The van der Waals surface area contributed by atoms with E-state index in [4.69, 9.17) is 5.73 Å². The van der Waals surface area contributed by atoms with Crippen LogP contribution >= 0.6 is 0 Å². The Bertz CT molecular complexity index is 530. The number of rotatable bonds is 5. The molecule has 0 aliphatic rings. The first-order valence-corrected chi connectivity index (χ1v) is 6.67. The Labute approximate surface area is 114 Å². The minimum Gasteiger partial charge on any atom is -0.378 e. The number of aryl methyl sites for hydroxylation is 1. The molecule has 0 aliphatic heterocycles. The molecule has 102 valence electrons. The predicted molar refractivity (Wildman–Crippen MR) is 79.3 cm³/mol. The molecule has 0 saturated heterocycles. The summed E-state index contributed by atoms with van der Waals surface area (Å²) in [6.45, 7) is 3.08. The van der Waals surface area contributed by atoms with E-state index in [2.05, 4.69) is 35.1 Å². The SMILES string of the molecule is CCCn1cc(C(N)c2cccc(N(C)C)c2)cn1. The van der Waals surface area contributed by atoms with Crippen molar-refractivity contribution in [2.75, 3.05) is 19.0 Å². The maximum absolute atomic E-state index is 6.32. The summed E-state index contributed by atoms with van der Waals surface area (Å²) in [6.07, 6.45) is 4.98. The van der Waals surface area contributed by atoms with Crippen molar-refractivity contribution in [1.82, 2.24) is 9.78 Å². The van der Waals surface area contributed by atoms with Crippen LogP contribution < -0.4 is 10.6 Å². The van der Waals surface area contributed by atoms with Crippen LogP contribution in [0.15, 0.2) is 36.7 Å². The first-order valence-electron chi connectivity index (χ1n) is 6.67. The zero-order valence-electron chi connectivity index (χ0n) is 11.9. The number of benzene rings is 1. The van der Waals surface area contributed by atoms with Gasteiger partial charge in [0.25, 0.3) is 0 Å². The lowest BCUT2D eigenvalue weighted by Gasteiger charge is -2.16. The van der Waals surface area contributed by atoms with Crippen molar-refractivity contribution in [2.45, 2.75) is 25.9 Å². The highest BCUT2D eigenvalue weighted by Crippen LogP contribution is 2.22. The first-order chi connectivity index (χ1) is 9.11. The van der Waals surface area contributed by atoms with Gasteiger partial charge < -0.3 is 10.6 Å². The fourth-order valence-electron chi connectivity index (χ4n) is 2.08. The molecular weight excluding hydrogens is 236 g/mol. The van der Waals surface area contributed by atoms with Crippen LogP contribution in [-0.2, 0) is 6.54 Å². The van der Waals surface area contributed by atoms with Crippen molar-refractivity contribution in [1.29, 1.82) is 0 Å². The molecular formula is C15H22N4. The van der Waals surface area contributed by atoms with Crippen molar-refractivity contribution < 1.29 is 0 Å². The van der Waals surface area contributed by atoms with Gasteiger partial charge in [0.15, 0.2) is 0 Å². The van der Waals surface area contributed by atoms with Gasteiger partial charge in [-0.15, -0.1) is 0 Å². The smallest absolute Gasteiger partial charge is 0.0583 e. The van der Waals surface area contributed by atoms with E-state index in [0.717, 1.165) is 29.8 Å². The van der Waals surface area contributed by atoms with E-state index in [9.17, 15) is 0 Å². The molecule has 0 amide bonds. The summed E-state index contributed by atoms with van der Waals surface area (Å²) < 4.78 is 1.95. The van der Waals surface area contributed by atoms with Gasteiger partial charge in [-0.05, 0) is 24.1 Å². The van der Waals surface area contributed by atoms with Crippen LogP contribution in [0.25, 0.3) is 0 Å². The Morgan fingerprint density at radius 2 is 2.11 bits per heavy atom. The minimum atomic E-state index is -0.120. The lowest BCUT2D eigenvalue weighted by Crippen LogP contribution is -2.13. The number of nitrogens with two attached hydrogens (primary N) is 1. The summed E-state index contributed by atoms with van der Waals surface area (Å²) in [5, 5.41) is 4.34. The third kappa shape index (κ3) is 3.15. The molecule has 0 aliphatic carbocycles. The van der Waals surface area contributed by atoms with Crippen molar-refractivity contribution in [3.63, 3.8) is 0 Å². The fraction of sp³-hybridized carbons (Fsp3) is 0.400. The maximum atomic E-state index is 6.32. The summed E-state index contributed by atoms with van der Waals surface area (Å²) in [4.78, 5) is 2.08. The molecule has 0 spiro atoms. The Morgan fingerprint density at radius 1 is 1.32 bits per heavy atom. The summed E-state index contributed by atoms with van der Waals surface area (Å²) >= 11 is 0. The lowest BCUT2D eigenvalue weighted by molar-refractivity contribution is 0.602. The molecule has 0 fully saturated rings. The van der Waals surface area contributed by atoms with Crippen molar-refractivity contribution in [3.8, 4) is 0 Å². The molecule has 4 nitrogen and oxygen atoms in total. The van der Waals surface area contributed by atoms with Gasteiger partial charge in [-0.1, -0.05) is 19.1 Å². The molecule has 4 heteroatoms. The monoisotopic (exact) mass is 258 g/mol. The molecule has 1 atom stereocenters. The first kappa shape index (κ1) is 13.6. The molecule has 19 heavy (non-hydrogen) atoms. The van der Waals surface area contributed by atoms with Crippen LogP contribution in [0.5, 0.6) is 0 Å². The van der Waals surface area contributed by atoms with Crippen LogP contribution in [0.4, 0.5) is 5.69 Å². The number of hydrogen-bond donors (Lipinski definition) is 1. The van der Waals surface area contributed by atoms with E-state index >= 15 is 0 Å². The quantitative estimate of drug-likeness (QED) is 0.896. The van der Waals surface area contributed by atoms with Crippen molar-refractivity contribution >= 4 is 5.69 Å². The number of hydrogen-bond acceptors (Lipinski definition) is 3. The minimum absolute atomic E-state index is 0.120.